The Morgan fingerprint density at radius 1 is 1.00 bits per heavy atom. The van der Waals surface area contributed by atoms with Crippen LogP contribution < -0.4 is 5.73 Å². The van der Waals surface area contributed by atoms with Crippen LogP contribution in [0, 0.1) is 0 Å². The zero-order chi connectivity index (χ0) is 7.72. The minimum absolute atomic E-state index is 0.631. The van der Waals surface area contributed by atoms with Crippen molar-refractivity contribution in [2.75, 3.05) is 5.73 Å². The number of hydrogen-bond donors (Lipinski definition) is 4. The monoisotopic (exact) mass is 189 g/mol. The van der Waals surface area contributed by atoms with Gasteiger partial charge in [-0.15, -0.1) is 37.9 Å². The van der Waals surface area contributed by atoms with Gasteiger partial charge in [-0.3, -0.25) is 0 Å². The van der Waals surface area contributed by atoms with E-state index in [9.17, 15) is 0 Å². The van der Waals surface area contributed by atoms with Gasteiger partial charge in [0.1, 0.15) is 0 Å². The van der Waals surface area contributed by atoms with Crippen LogP contribution in [0.2, 0.25) is 0 Å². The SMILES string of the molecule is Nc1ccc(S)c(S)c1S. The third-order valence-electron chi connectivity index (χ3n) is 1.16. The fourth-order valence-electron chi connectivity index (χ4n) is 0.585. The van der Waals surface area contributed by atoms with Gasteiger partial charge in [-0.25, -0.2) is 0 Å². The Morgan fingerprint density at radius 2 is 1.60 bits per heavy atom. The largest absolute Gasteiger partial charge is 0.398 e. The molecule has 0 unspecified atom stereocenters. The lowest BCUT2D eigenvalue weighted by Crippen LogP contribution is -1.87. The van der Waals surface area contributed by atoms with E-state index in [1.165, 1.54) is 0 Å². The van der Waals surface area contributed by atoms with E-state index < -0.39 is 0 Å². The number of benzene rings is 1. The standard InChI is InChI=1S/C6H7NS3/c7-3-1-2-4(8)6(10)5(3)9/h1-2,8-10H,7H2. The molecule has 0 fully saturated rings. The van der Waals surface area contributed by atoms with Gasteiger partial charge in [-0.05, 0) is 12.1 Å². The predicted octanol–water partition coefficient (Wildman–Crippen LogP) is 2.13. The molecule has 1 nitrogen and oxygen atoms in total. The van der Waals surface area contributed by atoms with Crippen LogP contribution in [0.1, 0.15) is 0 Å². The summed E-state index contributed by atoms with van der Waals surface area (Å²) in [6.07, 6.45) is 0. The van der Waals surface area contributed by atoms with Gasteiger partial charge in [0.15, 0.2) is 0 Å². The number of nitrogen functional groups attached to an aromatic ring is 1. The molecule has 1 aromatic rings. The van der Waals surface area contributed by atoms with E-state index in [4.69, 9.17) is 5.73 Å². The molecule has 0 atom stereocenters. The third kappa shape index (κ3) is 1.38. The lowest BCUT2D eigenvalue weighted by molar-refractivity contribution is 1.15. The van der Waals surface area contributed by atoms with Crippen LogP contribution in [0.5, 0.6) is 0 Å². The first kappa shape index (κ1) is 8.17. The maximum atomic E-state index is 5.53. The van der Waals surface area contributed by atoms with Crippen molar-refractivity contribution in [1.29, 1.82) is 0 Å². The minimum atomic E-state index is 0.631. The van der Waals surface area contributed by atoms with Crippen LogP contribution in [-0.4, -0.2) is 0 Å². The van der Waals surface area contributed by atoms with Gasteiger partial charge >= 0.3 is 0 Å². The third-order valence-corrected chi connectivity index (χ3v) is 2.83. The van der Waals surface area contributed by atoms with Gasteiger partial charge < -0.3 is 5.73 Å². The highest BCUT2D eigenvalue weighted by Crippen LogP contribution is 2.29. The maximum absolute atomic E-state index is 5.53. The Labute approximate surface area is 76.2 Å². The summed E-state index contributed by atoms with van der Waals surface area (Å²) in [7, 11) is 0. The summed E-state index contributed by atoms with van der Waals surface area (Å²) in [6, 6.07) is 3.55. The van der Waals surface area contributed by atoms with Crippen LogP contribution in [0.4, 0.5) is 5.69 Å². The lowest BCUT2D eigenvalue weighted by atomic mass is 10.3. The molecule has 1 aromatic carbocycles. The van der Waals surface area contributed by atoms with Crippen molar-refractivity contribution in [3.8, 4) is 0 Å². The van der Waals surface area contributed by atoms with Crippen LogP contribution in [-0.2, 0) is 0 Å². The normalized spacial score (nSPS) is 9.90. The van der Waals surface area contributed by atoms with Crippen molar-refractivity contribution in [3.05, 3.63) is 12.1 Å². The van der Waals surface area contributed by atoms with Crippen molar-refractivity contribution in [3.63, 3.8) is 0 Å². The Bertz CT molecular complexity index is 232. The Kier molecular flexibility index (Phi) is 2.44. The van der Waals surface area contributed by atoms with Gasteiger partial charge in [0.25, 0.3) is 0 Å². The summed E-state index contributed by atoms with van der Waals surface area (Å²) >= 11 is 12.4. The summed E-state index contributed by atoms with van der Waals surface area (Å²) in [5.41, 5.74) is 6.16. The number of nitrogens with two attached hydrogens (primary N) is 1. The molecule has 0 amide bonds. The van der Waals surface area contributed by atoms with E-state index in [2.05, 4.69) is 37.9 Å². The van der Waals surface area contributed by atoms with Crippen LogP contribution >= 0.6 is 37.9 Å². The Balaban J connectivity index is 3.34. The van der Waals surface area contributed by atoms with Crippen LogP contribution in [0.3, 0.4) is 0 Å². The second-order valence-corrected chi connectivity index (χ2v) is 3.25. The smallest absolute Gasteiger partial charge is 0.0461 e. The topological polar surface area (TPSA) is 26.0 Å². The van der Waals surface area contributed by atoms with E-state index in [0.717, 1.165) is 9.79 Å². The highest BCUT2D eigenvalue weighted by molar-refractivity contribution is 7.85. The second-order valence-electron chi connectivity index (χ2n) is 1.87. The average Bonchev–Trinajstić information content (AvgIpc) is 1.93. The van der Waals surface area contributed by atoms with Crippen molar-refractivity contribution >= 4 is 43.6 Å². The van der Waals surface area contributed by atoms with Crippen molar-refractivity contribution in [1.82, 2.24) is 0 Å². The molecule has 1 rings (SSSR count). The van der Waals surface area contributed by atoms with Crippen LogP contribution in [0.15, 0.2) is 26.8 Å². The molecule has 0 heterocycles. The molecule has 0 saturated carbocycles. The first-order chi connectivity index (χ1) is 4.63. The van der Waals surface area contributed by atoms with Gasteiger partial charge in [0.05, 0.1) is 0 Å². The molecule has 54 valence electrons. The van der Waals surface area contributed by atoms with Crippen molar-refractivity contribution in [2.24, 2.45) is 0 Å². The number of hydrogen-bond acceptors (Lipinski definition) is 4. The summed E-state index contributed by atoms with van der Waals surface area (Å²) in [6.45, 7) is 0. The highest BCUT2D eigenvalue weighted by Gasteiger charge is 2.01. The molecule has 0 aliphatic rings. The van der Waals surface area contributed by atoms with E-state index >= 15 is 0 Å². The molecule has 0 spiro atoms. The summed E-state index contributed by atoms with van der Waals surface area (Å²) < 4.78 is 0. The van der Waals surface area contributed by atoms with Gasteiger partial charge in [0, 0.05) is 20.4 Å². The molecular formula is C6H7NS3. The molecule has 4 heteroatoms. The molecule has 0 radical (unpaired) electrons. The quantitative estimate of drug-likeness (QED) is 0.365. The Morgan fingerprint density at radius 3 is 2.10 bits per heavy atom. The van der Waals surface area contributed by atoms with Gasteiger partial charge in [-0.2, -0.15) is 0 Å². The lowest BCUT2D eigenvalue weighted by Gasteiger charge is -2.03. The average molecular weight is 189 g/mol. The molecule has 0 saturated heterocycles. The van der Waals surface area contributed by atoms with E-state index in [1.807, 2.05) is 0 Å². The second kappa shape index (κ2) is 2.98. The van der Waals surface area contributed by atoms with Gasteiger partial charge in [-0.1, -0.05) is 0 Å². The molecule has 0 aliphatic heterocycles. The van der Waals surface area contributed by atoms with E-state index in [-0.39, 0.29) is 0 Å². The maximum Gasteiger partial charge on any atom is 0.0461 e. The zero-order valence-electron chi connectivity index (χ0n) is 5.07. The minimum Gasteiger partial charge on any atom is -0.398 e. The predicted molar refractivity (Wildman–Crippen MR) is 52.6 cm³/mol. The summed E-state index contributed by atoms with van der Waals surface area (Å²) in [5, 5.41) is 0. The number of rotatable bonds is 0. The molecular weight excluding hydrogens is 182 g/mol. The van der Waals surface area contributed by atoms with Crippen molar-refractivity contribution in [2.45, 2.75) is 14.7 Å². The first-order valence-corrected chi connectivity index (χ1v) is 3.96. The summed E-state index contributed by atoms with van der Waals surface area (Å²) in [4.78, 5) is 2.21. The first-order valence-electron chi connectivity index (χ1n) is 2.62. The molecule has 10 heavy (non-hydrogen) atoms. The zero-order valence-corrected chi connectivity index (χ0v) is 7.76. The van der Waals surface area contributed by atoms with Crippen LogP contribution in [0.25, 0.3) is 0 Å². The summed E-state index contributed by atoms with van der Waals surface area (Å²) in [5.74, 6) is 0. The van der Waals surface area contributed by atoms with E-state index in [1.54, 1.807) is 12.1 Å². The molecule has 0 aliphatic carbocycles. The molecule has 2 N–H and O–H groups in total. The highest BCUT2D eigenvalue weighted by atomic mass is 32.1. The fraction of sp³-hybridized carbons (Fsp3) is 0. The van der Waals surface area contributed by atoms with Gasteiger partial charge in [0.2, 0.25) is 0 Å². The Hall–Kier alpha value is 0.0700. The molecule has 0 aromatic heterocycles. The fourth-order valence-corrected chi connectivity index (χ4v) is 1.26. The van der Waals surface area contributed by atoms with Crippen molar-refractivity contribution < 1.29 is 0 Å². The number of anilines is 1. The molecule has 0 bridgehead atoms. The van der Waals surface area contributed by atoms with E-state index in [0.29, 0.717) is 10.6 Å². The number of thiol groups is 3.